The van der Waals surface area contributed by atoms with E-state index in [1.54, 1.807) is 6.42 Å². The van der Waals surface area contributed by atoms with Gasteiger partial charge in [-0.15, -0.1) is 0 Å². The van der Waals surface area contributed by atoms with Gasteiger partial charge in [-0.25, -0.2) is 0 Å². The molecule has 3 rings (SSSR count). The highest BCUT2D eigenvalue weighted by molar-refractivity contribution is 5.01. The molecule has 2 N–H and O–H groups in total. The van der Waals surface area contributed by atoms with Crippen molar-refractivity contribution in [1.29, 1.82) is 0 Å². The number of nitrogens with two attached hydrogens (primary N) is 1. The highest BCUT2D eigenvalue weighted by Gasteiger charge is 2.50. The number of fused-ring (bicyclic) bond motifs is 2. The Balaban J connectivity index is 1.90. The quantitative estimate of drug-likeness (QED) is 0.657. The highest BCUT2D eigenvalue weighted by Crippen LogP contribution is 2.58. The molecular formula is C12H21N. The molecule has 0 spiro atoms. The zero-order valence-corrected chi connectivity index (χ0v) is 8.58. The van der Waals surface area contributed by atoms with Gasteiger partial charge in [0.05, 0.1) is 0 Å². The SMILES string of the molecule is C[C@H](N)[C@@H]1[C@@H]2CC[C@@H]3C[C@@H](C2)C[C@H]31. The highest BCUT2D eigenvalue weighted by atomic mass is 14.7. The van der Waals surface area contributed by atoms with E-state index in [9.17, 15) is 0 Å². The van der Waals surface area contributed by atoms with Gasteiger partial charge in [-0.3, -0.25) is 0 Å². The van der Waals surface area contributed by atoms with Crippen molar-refractivity contribution in [2.24, 2.45) is 35.3 Å². The molecule has 0 saturated heterocycles. The van der Waals surface area contributed by atoms with Gasteiger partial charge in [0.15, 0.2) is 0 Å². The maximum atomic E-state index is 6.14. The number of rotatable bonds is 1. The average molecular weight is 179 g/mol. The van der Waals surface area contributed by atoms with Crippen LogP contribution in [0, 0.1) is 29.6 Å². The summed E-state index contributed by atoms with van der Waals surface area (Å²) in [5.74, 6) is 5.08. The zero-order valence-electron chi connectivity index (χ0n) is 8.58. The number of hydrogen-bond acceptors (Lipinski definition) is 1. The predicted octanol–water partition coefficient (Wildman–Crippen LogP) is 2.41. The second kappa shape index (κ2) is 2.73. The van der Waals surface area contributed by atoms with Crippen LogP contribution in [0.25, 0.3) is 0 Å². The van der Waals surface area contributed by atoms with Gasteiger partial charge in [-0.05, 0) is 68.6 Å². The standard InChI is InChI=1S/C12H21N/c1-7(13)12-10-3-2-9-4-8(5-10)6-11(9)12/h7-12H,2-6,13H2,1H3/t7-,8-,9+,10+,11+,12+/m0/s1. The van der Waals surface area contributed by atoms with E-state index in [0.29, 0.717) is 6.04 Å². The molecule has 0 aromatic rings. The summed E-state index contributed by atoms with van der Waals surface area (Å²) in [6.07, 6.45) is 7.59. The fraction of sp³-hybridized carbons (Fsp3) is 1.00. The summed E-state index contributed by atoms with van der Waals surface area (Å²) in [7, 11) is 0. The molecule has 3 aliphatic carbocycles. The third kappa shape index (κ3) is 1.09. The van der Waals surface area contributed by atoms with Crippen LogP contribution in [0.15, 0.2) is 0 Å². The molecule has 0 aromatic heterocycles. The Labute approximate surface area is 81.1 Å². The topological polar surface area (TPSA) is 26.0 Å². The molecule has 0 amide bonds. The van der Waals surface area contributed by atoms with Crippen molar-refractivity contribution in [2.75, 3.05) is 0 Å². The molecule has 0 heterocycles. The van der Waals surface area contributed by atoms with Crippen LogP contribution in [0.1, 0.15) is 39.0 Å². The van der Waals surface area contributed by atoms with Crippen LogP contribution in [-0.2, 0) is 0 Å². The summed E-state index contributed by atoms with van der Waals surface area (Å²) in [6.45, 7) is 2.23. The Morgan fingerprint density at radius 3 is 2.54 bits per heavy atom. The van der Waals surface area contributed by atoms with Crippen LogP contribution in [-0.4, -0.2) is 6.04 Å². The molecule has 3 aliphatic rings. The minimum atomic E-state index is 0.455. The van der Waals surface area contributed by atoms with E-state index < -0.39 is 0 Å². The smallest absolute Gasteiger partial charge is 0.00441 e. The van der Waals surface area contributed by atoms with Gasteiger partial charge in [0.25, 0.3) is 0 Å². The lowest BCUT2D eigenvalue weighted by Gasteiger charge is -2.44. The normalized spacial score (nSPS) is 55.4. The van der Waals surface area contributed by atoms with Gasteiger partial charge in [0, 0.05) is 6.04 Å². The van der Waals surface area contributed by atoms with E-state index in [1.807, 2.05) is 0 Å². The minimum absolute atomic E-state index is 0.455. The summed E-state index contributed by atoms with van der Waals surface area (Å²) in [4.78, 5) is 0. The van der Waals surface area contributed by atoms with E-state index in [4.69, 9.17) is 5.73 Å². The van der Waals surface area contributed by atoms with Crippen molar-refractivity contribution in [2.45, 2.75) is 45.1 Å². The van der Waals surface area contributed by atoms with E-state index in [1.165, 1.54) is 25.7 Å². The first kappa shape index (κ1) is 8.28. The molecule has 74 valence electrons. The van der Waals surface area contributed by atoms with Gasteiger partial charge in [-0.1, -0.05) is 0 Å². The van der Waals surface area contributed by atoms with Crippen molar-refractivity contribution in [1.82, 2.24) is 0 Å². The van der Waals surface area contributed by atoms with Crippen molar-refractivity contribution in [3.63, 3.8) is 0 Å². The van der Waals surface area contributed by atoms with E-state index in [-0.39, 0.29) is 0 Å². The molecule has 0 aromatic carbocycles. The largest absolute Gasteiger partial charge is 0.328 e. The van der Waals surface area contributed by atoms with Crippen molar-refractivity contribution in [3.05, 3.63) is 0 Å². The van der Waals surface area contributed by atoms with E-state index >= 15 is 0 Å². The molecular weight excluding hydrogens is 158 g/mol. The minimum Gasteiger partial charge on any atom is -0.328 e. The van der Waals surface area contributed by atoms with Gasteiger partial charge >= 0.3 is 0 Å². The van der Waals surface area contributed by atoms with Crippen LogP contribution >= 0.6 is 0 Å². The average Bonchev–Trinajstić information content (AvgIpc) is 2.27. The first-order valence-electron chi connectivity index (χ1n) is 6.01. The third-order valence-corrected chi connectivity index (χ3v) is 5.04. The fourth-order valence-electron chi connectivity index (χ4n) is 4.76. The Morgan fingerprint density at radius 2 is 1.77 bits per heavy atom. The molecule has 3 saturated carbocycles. The lowest BCUT2D eigenvalue weighted by atomic mass is 9.62. The lowest BCUT2D eigenvalue weighted by molar-refractivity contribution is 0.0663. The van der Waals surface area contributed by atoms with Gasteiger partial charge in [0.2, 0.25) is 0 Å². The summed E-state index contributed by atoms with van der Waals surface area (Å²) < 4.78 is 0. The fourth-order valence-corrected chi connectivity index (χ4v) is 4.76. The Bertz CT molecular complexity index is 211. The van der Waals surface area contributed by atoms with Crippen molar-refractivity contribution < 1.29 is 0 Å². The summed E-state index contributed by atoms with van der Waals surface area (Å²) in [5, 5.41) is 0. The van der Waals surface area contributed by atoms with Gasteiger partial charge in [-0.2, -0.15) is 0 Å². The second-order valence-electron chi connectivity index (χ2n) is 5.77. The molecule has 6 atom stereocenters. The van der Waals surface area contributed by atoms with Crippen LogP contribution in [0.4, 0.5) is 0 Å². The maximum Gasteiger partial charge on any atom is 0.00441 e. The molecule has 3 fully saturated rings. The molecule has 0 radical (unpaired) electrons. The second-order valence-corrected chi connectivity index (χ2v) is 5.77. The molecule has 0 unspecified atom stereocenters. The number of hydrogen-bond donors (Lipinski definition) is 1. The Morgan fingerprint density at radius 1 is 1.08 bits per heavy atom. The van der Waals surface area contributed by atoms with E-state index in [2.05, 4.69) is 6.92 Å². The van der Waals surface area contributed by atoms with Crippen LogP contribution in [0.5, 0.6) is 0 Å². The molecule has 1 heteroatoms. The van der Waals surface area contributed by atoms with Crippen molar-refractivity contribution in [3.8, 4) is 0 Å². The molecule has 1 nitrogen and oxygen atoms in total. The van der Waals surface area contributed by atoms with Crippen LogP contribution in [0.2, 0.25) is 0 Å². The third-order valence-electron chi connectivity index (χ3n) is 5.04. The maximum absolute atomic E-state index is 6.14. The van der Waals surface area contributed by atoms with Crippen LogP contribution in [0.3, 0.4) is 0 Å². The van der Waals surface area contributed by atoms with Gasteiger partial charge in [0.1, 0.15) is 0 Å². The Hall–Kier alpha value is -0.0400. The lowest BCUT2D eigenvalue weighted by Crippen LogP contribution is -2.43. The van der Waals surface area contributed by atoms with Gasteiger partial charge < -0.3 is 5.73 Å². The summed E-state index contributed by atoms with van der Waals surface area (Å²) in [5.41, 5.74) is 6.14. The molecule has 3 bridgehead atoms. The molecule has 13 heavy (non-hydrogen) atoms. The van der Waals surface area contributed by atoms with Crippen LogP contribution < -0.4 is 5.73 Å². The Kier molecular flexibility index (Phi) is 1.74. The first-order valence-corrected chi connectivity index (χ1v) is 6.01. The summed E-state index contributed by atoms with van der Waals surface area (Å²) >= 11 is 0. The first-order chi connectivity index (χ1) is 6.25. The predicted molar refractivity (Wildman–Crippen MR) is 54.2 cm³/mol. The monoisotopic (exact) mass is 179 g/mol. The molecule has 0 aliphatic heterocycles. The zero-order chi connectivity index (χ0) is 9.00. The van der Waals surface area contributed by atoms with Crippen molar-refractivity contribution >= 4 is 0 Å². The van der Waals surface area contributed by atoms with E-state index in [0.717, 1.165) is 29.6 Å². The summed E-state index contributed by atoms with van der Waals surface area (Å²) in [6, 6.07) is 0.455.